The first-order chi connectivity index (χ1) is 9.69. The molecular formula is C16H25N3O. The molecule has 0 radical (unpaired) electrons. The summed E-state index contributed by atoms with van der Waals surface area (Å²) in [6, 6.07) is 10.7. The van der Waals surface area contributed by atoms with Gasteiger partial charge in [-0.05, 0) is 37.8 Å². The van der Waals surface area contributed by atoms with Gasteiger partial charge in [0.15, 0.2) is 0 Å². The van der Waals surface area contributed by atoms with Gasteiger partial charge < -0.3 is 15.5 Å². The molecule has 2 amide bonds. The maximum atomic E-state index is 11.7. The van der Waals surface area contributed by atoms with Crippen molar-refractivity contribution in [2.24, 2.45) is 5.92 Å². The fourth-order valence-corrected chi connectivity index (χ4v) is 2.49. The summed E-state index contributed by atoms with van der Waals surface area (Å²) in [6.45, 7) is 6.94. The molecular weight excluding hydrogens is 250 g/mol. The van der Waals surface area contributed by atoms with Gasteiger partial charge in [0.05, 0.1) is 0 Å². The molecule has 2 rings (SSSR count). The van der Waals surface area contributed by atoms with Crippen molar-refractivity contribution in [2.45, 2.75) is 32.7 Å². The van der Waals surface area contributed by atoms with Crippen molar-refractivity contribution in [3.05, 3.63) is 30.3 Å². The minimum Gasteiger partial charge on any atom is -0.371 e. The van der Waals surface area contributed by atoms with Crippen LogP contribution in [0.15, 0.2) is 30.3 Å². The Balaban J connectivity index is 1.73. The summed E-state index contributed by atoms with van der Waals surface area (Å²) >= 11 is 0. The zero-order valence-electron chi connectivity index (χ0n) is 12.4. The van der Waals surface area contributed by atoms with Crippen LogP contribution in [0.4, 0.5) is 10.5 Å². The maximum Gasteiger partial charge on any atom is 0.315 e. The second kappa shape index (κ2) is 7.17. The van der Waals surface area contributed by atoms with Crippen LogP contribution < -0.4 is 15.5 Å². The third-order valence-electron chi connectivity index (χ3n) is 3.95. The predicted molar refractivity (Wildman–Crippen MR) is 83.0 cm³/mol. The molecule has 0 aromatic heterocycles. The van der Waals surface area contributed by atoms with Gasteiger partial charge in [-0.2, -0.15) is 0 Å². The summed E-state index contributed by atoms with van der Waals surface area (Å²) in [5.74, 6) is 0.540. The van der Waals surface area contributed by atoms with Crippen molar-refractivity contribution in [1.82, 2.24) is 10.6 Å². The second-order valence-corrected chi connectivity index (χ2v) is 5.60. The van der Waals surface area contributed by atoms with Crippen molar-refractivity contribution >= 4 is 11.7 Å². The summed E-state index contributed by atoms with van der Waals surface area (Å²) in [5, 5.41) is 5.92. The lowest BCUT2D eigenvalue weighted by Gasteiger charge is -2.19. The Bertz CT molecular complexity index is 421. The molecule has 0 spiro atoms. The zero-order chi connectivity index (χ0) is 14.4. The molecule has 2 unspecified atom stereocenters. The number of nitrogens with one attached hydrogen (secondary N) is 2. The second-order valence-electron chi connectivity index (χ2n) is 5.60. The van der Waals surface area contributed by atoms with Crippen LogP contribution >= 0.6 is 0 Å². The number of para-hydroxylation sites is 1. The number of nitrogens with zero attached hydrogens (tertiary/aromatic N) is 1. The van der Waals surface area contributed by atoms with E-state index in [1.807, 2.05) is 13.0 Å². The number of carbonyl (C=O) groups excluding carboxylic acids is 1. The lowest BCUT2D eigenvalue weighted by Crippen LogP contribution is -2.42. The fourth-order valence-electron chi connectivity index (χ4n) is 2.49. The summed E-state index contributed by atoms with van der Waals surface area (Å²) in [6.07, 6.45) is 2.09. The standard InChI is InChI=1S/C16H25N3O/c1-3-13(2)18-16(20)17-11-14-9-10-19(12-14)15-7-5-4-6-8-15/h4-8,13-14H,3,9-12H2,1-2H3,(H2,17,18,20). The van der Waals surface area contributed by atoms with Gasteiger partial charge in [-0.3, -0.25) is 0 Å². The number of benzene rings is 1. The molecule has 1 fully saturated rings. The largest absolute Gasteiger partial charge is 0.371 e. The summed E-state index contributed by atoms with van der Waals surface area (Å²) in [4.78, 5) is 14.1. The number of urea groups is 1. The van der Waals surface area contributed by atoms with Crippen LogP contribution in [0.25, 0.3) is 0 Å². The van der Waals surface area contributed by atoms with E-state index in [1.54, 1.807) is 0 Å². The number of hydrogen-bond acceptors (Lipinski definition) is 2. The highest BCUT2D eigenvalue weighted by Gasteiger charge is 2.22. The minimum atomic E-state index is -0.0440. The van der Waals surface area contributed by atoms with Gasteiger partial charge in [-0.1, -0.05) is 25.1 Å². The SMILES string of the molecule is CCC(C)NC(=O)NCC1CCN(c2ccccc2)C1. The number of hydrogen-bond donors (Lipinski definition) is 2. The van der Waals surface area contributed by atoms with Crippen molar-refractivity contribution < 1.29 is 4.79 Å². The smallest absolute Gasteiger partial charge is 0.315 e. The Morgan fingerprint density at radius 1 is 1.40 bits per heavy atom. The van der Waals surface area contributed by atoms with Gasteiger partial charge >= 0.3 is 6.03 Å². The highest BCUT2D eigenvalue weighted by atomic mass is 16.2. The molecule has 2 N–H and O–H groups in total. The molecule has 4 nitrogen and oxygen atoms in total. The predicted octanol–water partition coefficient (Wildman–Crippen LogP) is 2.61. The van der Waals surface area contributed by atoms with Crippen LogP contribution in [0.3, 0.4) is 0 Å². The van der Waals surface area contributed by atoms with Crippen LogP contribution in [-0.2, 0) is 0 Å². The van der Waals surface area contributed by atoms with Crippen molar-refractivity contribution in [1.29, 1.82) is 0 Å². The maximum absolute atomic E-state index is 11.7. The number of rotatable bonds is 5. The van der Waals surface area contributed by atoms with E-state index in [2.05, 4.69) is 46.7 Å². The molecule has 20 heavy (non-hydrogen) atoms. The van der Waals surface area contributed by atoms with Crippen LogP contribution in [0, 0.1) is 5.92 Å². The molecule has 1 aliphatic rings. The molecule has 1 saturated heterocycles. The molecule has 110 valence electrons. The molecule has 0 saturated carbocycles. The first-order valence-electron chi connectivity index (χ1n) is 7.53. The zero-order valence-corrected chi connectivity index (χ0v) is 12.4. The van der Waals surface area contributed by atoms with Crippen LogP contribution in [0.1, 0.15) is 26.7 Å². The molecule has 2 atom stereocenters. The molecule has 4 heteroatoms. The van der Waals surface area contributed by atoms with E-state index in [9.17, 15) is 4.79 Å². The Kier molecular flexibility index (Phi) is 5.27. The topological polar surface area (TPSA) is 44.4 Å². The van der Waals surface area contributed by atoms with E-state index >= 15 is 0 Å². The molecule has 1 aliphatic heterocycles. The Morgan fingerprint density at radius 2 is 2.15 bits per heavy atom. The summed E-state index contributed by atoms with van der Waals surface area (Å²) < 4.78 is 0. The quantitative estimate of drug-likeness (QED) is 0.867. The van der Waals surface area contributed by atoms with Crippen molar-refractivity contribution in [3.63, 3.8) is 0 Å². The molecule has 1 aromatic carbocycles. The van der Waals surface area contributed by atoms with E-state index in [-0.39, 0.29) is 12.1 Å². The van der Waals surface area contributed by atoms with Gasteiger partial charge in [0.25, 0.3) is 0 Å². The Morgan fingerprint density at radius 3 is 2.85 bits per heavy atom. The molecule has 1 heterocycles. The van der Waals surface area contributed by atoms with Crippen LogP contribution in [-0.4, -0.2) is 31.7 Å². The van der Waals surface area contributed by atoms with Crippen molar-refractivity contribution in [3.8, 4) is 0 Å². The van der Waals surface area contributed by atoms with Gasteiger partial charge in [-0.25, -0.2) is 4.79 Å². The molecule has 1 aromatic rings. The van der Waals surface area contributed by atoms with E-state index in [0.717, 1.165) is 32.5 Å². The fraction of sp³-hybridized carbons (Fsp3) is 0.562. The van der Waals surface area contributed by atoms with Gasteiger partial charge in [0.1, 0.15) is 0 Å². The van der Waals surface area contributed by atoms with Crippen molar-refractivity contribution in [2.75, 3.05) is 24.5 Å². The highest BCUT2D eigenvalue weighted by Crippen LogP contribution is 2.22. The van der Waals surface area contributed by atoms with Gasteiger partial charge in [0, 0.05) is 31.4 Å². The normalized spacial score (nSPS) is 19.7. The monoisotopic (exact) mass is 275 g/mol. The van der Waals surface area contributed by atoms with Gasteiger partial charge in [0.2, 0.25) is 0 Å². The Hall–Kier alpha value is -1.71. The van der Waals surface area contributed by atoms with E-state index < -0.39 is 0 Å². The number of amides is 2. The number of carbonyl (C=O) groups is 1. The van der Waals surface area contributed by atoms with Crippen LogP contribution in [0.2, 0.25) is 0 Å². The Labute approximate surface area is 121 Å². The lowest BCUT2D eigenvalue weighted by atomic mass is 10.1. The van der Waals surface area contributed by atoms with E-state index in [0.29, 0.717) is 5.92 Å². The molecule has 0 aliphatic carbocycles. The first kappa shape index (κ1) is 14.7. The molecule has 0 bridgehead atoms. The average molecular weight is 275 g/mol. The van der Waals surface area contributed by atoms with Crippen LogP contribution in [0.5, 0.6) is 0 Å². The van der Waals surface area contributed by atoms with E-state index in [4.69, 9.17) is 0 Å². The first-order valence-corrected chi connectivity index (χ1v) is 7.53. The third-order valence-corrected chi connectivity index (χ3v) is 3.95. The lowest BCUT2D eigenvalue weighted by molar-refractivity contribution is 0.236. The minimum absolute atomic E-state index is 0.0440. The highest BCUT2D eigenvalue weighted by molar-refractivity contribution is 5.74. The average Bonchev–Trinajstić information content (AvgIpc) is 2.95. The van der Waals surface area contributed by atoms with E-state index in [1.165, 1.54) is 5.69 Å². The third kappa shape index (κ3) is 4.15. The summed E-state index contributed by atoms with van der Waals surface area (Å²) in [5.41, 5.74) is 1.28. The number of anilines is 1. The van der Waals surface area contributed by atoms with Gasteiger partial charge in [-0.15, -0.1) is 0 Å². The summed E-state index contributed by atoms with van der Waals surface area (Å²) in [7, 11) is 0.